The molecular formula is C19H31FOS. The molecule has 0 bridgehead atoms. The molecule has 0 aliphatic heterocycles. The number of hydrogen-bond donors (Lipinski definition) is 0. The molecule has 0 spiro atoms. The lowest BCUT2D eigenvalue weighted by Gasteiger charge is -2.33. The average molecular weight is 327 g/mol. The van der Waals surface area contributed by atoms with Crippen molar-refractivity contribution in [3.05, 3.63) is 28.6 Å². The minimum atomic E-state index is -0.286. The monoisotopic (exact) mass is 326 g/mol. The van der Waals surface area contributed by atoms with E-state index in [1.807, 2.05) is 6.07 Å². The van der Waals surface area contributed by atoms with Crippen LogP contribution in [0.5, 0.6) is 0 Å². The lowest BCUT2D eigenvalue weighted by Crippen LogP contribution is -2.25. The van der Waals surface area contributed by atoms with Gasteiger partial charge in [0.25, 0.3) is 0 Å². The smallest absolute Gasteiger partial charge is 0.131 e. The third-order valence-electron chi connectivity index (χ3n) is 3.75. The van der Waals surface area contributed by atoms with Crippen molar-refractivity contribution in [3.8, 4) is 0 Å². The van der Waals surface area contributed by atoms with Gasteiger partial charge in [0, 0.05) is 22.5 Å². The molecule has 1 aromatic carbocycles. The molecule has 0 N–H and O–H groups in total. The highest BCUT2D eigenvalue weighted by Crippen LogP contribution is 2.44. The molecule has 3 heteroatoms. The van der Waals surface area contributed by atoms with Gasteiger partial charge in [0.15, 0.2) is 0 Å². The summed E-state index contributed by atoms with van der Waals surface area (Å²) in [4.78, 5) is 0.924. The van der Waals surface area contributed by atoms with Gasteiger partial charge in [0.1, 0.15) is 5.82 Å². The molecule has 1 rings (SSSR count). The first kappa shape index (κ1) is 19.5. The Morgan fingerprint density at radius 3 is 1.59 bits per heavy atom. The van der Waals surface area contributed by atoms with E-state index >= 15 is 4.39 Å². The Labute approximate surface area is 140 Å². The van der Waals surface area contributed by atoms with Crippen LogP contribution in [0, 0.1) is 5.82 Å². The van der Waals surface area contributed by atoms with E-state index in [1.165, 1.54) is 12.0 Å². The van der Waals surface area contributed by atoms with E-state index in [0.717, 1.165) is 21.6 Å². The Hall–Kier alpha value is -0.540. The van der Waals surface area contributed by atoms with Crippen LogP contribution < -0.4 is 0 Å². The first-order valence-electron chi connectivity index (χ1n) is 7.80. The lowest BCUT2D eigenvalue weighted by atomic mass is 9.75. The highest BCUT2D eigenvalue weighted by Gasteiger charge is 2.34. The molecule has 22 heavy (non-hydrogen) atoms. The quantitative estimate of drug-likeness (QED) is 0.584. The third-order valence-corrected chi connectivity index (χ3v) is 4.51. The van der Waals surface area contributed by atoms with Crippen molar-refractivity contribution in [1.82, 2.24) is 0 Å². The Morgan fingerprint density at radius 1 is 0.818 bits per heavy atom. The Balaban J connectivity index is 3.93. The van der Waals surface area contributed by atoms with Crippen LogP contribution in [-0.4, -0.2) is 7.11 Å². The zero-order chi connectivity index (χ0) is 17.5. The van der Waals surface area contributed by atoms with Crippen LogP contribution in [0.3, 0.4) is 0 Å². The van der Waals surface area contributed by atoms with Gasteiger partial charge >= 0.3 is 0 Å². The van der Waals surface area contributed by atoms with E-state index in [1.54, 1.807) is 7.11 Å². The molecule has 1 aromatic rings. The number of benzene rings is 1. The van der Waals surface area contributed by atoms with Crippen molar-refractivity contribution in [2.45, 2.75) is 83.5 Å². The van der Waals surface area contributed by atoms with Crippen LogP contribution in [0.15, 0.2) is 11.0 Å². The van der Waals surface area contributed by atoms with Crippen LogP contribution in [0.2, 0.25) is 0 Å². The molecule has 0 saturated carbocycles. The molecule has 0 radical (unpaired) electrons. The molecular weight excluding hydrogens is 295 g/mol. The van der Waals surface area contributed by atoms with Gasteiger partial charge in [0.05, 0.1) is 7.11 Å². The largest absolute Gasteiger partial charge is 0.314 e. The van der Waals surface area contributed by atoms with Crippen LogP contribution >= 0.6 is 12.0 Å². The average Bonchev–Trinajstić information content (AvgIpc) is 2.23. The highest BCUT2D eigenvalue weighted by atomic mass is 32.2. The van der Waals surface area contributed by atoms with Gasteiger partial charge in [-0.1, -0.05) is 68.4 Å². The fraction of sp³-hybridized carbons (Fsp3) is 0.684. The predicted molar refractivity (Wildman–Crippen MR) is 95.4 cm³/mol. The first-order chi connectivity index (χ1) is 9.71. The topological polar surface area (TPSA) is 9.23 Å². The molecule has 0 heterocycles. The van der Waals surface area contributed by atoms with Gasteiger partial charge in [-0.15, -0.1) is 0 Å². The van der Waals surface area contributed by atoms with Gasteiger partial charge in [0.2, 0.25) is 0 Å². The van der Waals surface area contributed by atoms with Gasteiger partial charge in [-0.3, -0.25) is 0 Å². The van der Waals surface area contributed by atoms with E-state index < -0.39 is 0 Å². The summed E-state index contributed by atoms with van der Waals surface area (Å²) in [5.74, 6) is -0.0902. The van der Waals surface area contributed by atoms with Crippen molar-refractivity contribution in [2.24, 2.45) is 0 Å². The highest BCUT2D eigenvalue weighted by molar-refractivity contribution is 7.94. The second kappa shape index (κ2) is 6.16. The maximum atomic E-state index is 15.3. The SMILES string of the molecule is COSc1c(C(C)(C)C)cc(C(C)(C)C)c(F)c1C(C)(C)C. The Bertz CT molecular complexity index is 543. The normalized spacial score (nSPS) is 13.6. The molecule has 0 atom stereocenters. The van der Waals surface area contributed by atoms with Crippen LogP contribution in [0.25, 0.3) is 0 Å². The van der Waals surface area contributed by atoms with Crippen LogP contribution in [-0.2, 0) is 20.4 Å². The molecule has 0 fully saturated rings. The molecule has 126 valence electrons. The predicted octanol–water partition coefficient (Wildman–Crippen LogP) is 6.37. The van der Waals surface area contributed by atoms with E-state index in [-0.39, 0.29) is 22.1 Å². The Kier molecular flexibility index (Phi) is 5.46. The molecule has 0 aromatic heterocycles. The summed E-state index contributed by atoms with van der Waals surface area (Å²) >= 11 is 1.28. The zero-order valence-electron chi connectivity index (χ0n) is 15.8. The molecule has 0 saturated heterocycles. The summed E-state index contributed by atoms with van der Waals surface area (Å²) in [6.45, 7) is 18.9. The fourth-order valence-corrected chi connectivity index (χ4v) is 3.69. The molecule has 0 amide bonds. The number of rotatable bonds is 2. The van der Waals surface area contributed by atoms with E-state index in [2.05, 4.69) is 62.3 Å². The summed E-state index contributed by atoms with van der Waals surface area (Å²) in [5, 5.41) is 0. The number of halogens is 1. The van der Waals surface area contributed by atoms with Gasteiger partial charge in [-0.05, 0) is 27.4 Å². The molecule has 0 unspecified atom stereocenters. The van der Waals surface area contributed by atoms with Gasteiger partial charge < -0.3 is 4.18 Å². The molecule has 0 aliphatic rings. The minimum absolute atomic E-state index is 0.0748. The van der Waals surface area contributed by atoms with Crippen molar-refractivity contribution in [2.75, 3.05) is 7.11 Å². The maximum absolute atomic E-state index is 15.3. The van der Waals surface area contributed by atoms with Gasteiger partial charge in [-0.2, -0.15) is 0 Å². The Morgan fingerprint density at radius 2 is 1.27 bits per heavy atom. The lowest BCUT2D eigenvalue weighted by molar-refractivity contribution is 0.452. The second-order valence-corrected chi connectivity index (χ2v) is 9.90. The van der Waals surface area contributed by atoms with Crippen molar-refractivity contribution >= 4 is 12.0 Å². The van der Waals surface area contributed by atoms with E-state index in [4.69, 9.17) is 4.18 Å². The fourth-order valence-electron chi connectivity index (χ4n) is 2.58. The zero-order valence-corrected chi connectivity index (χ0v) is 16.6. The summed E-state index contributed by atoms with van der Waals surface area (Å²) in [7, 11) is 1.64. The third kappa shape index (κ3) is 4.05. The maximum Gasteiger partial charge on any atom is 0.131 e. The van der Waals surface area contributed by atoms with E-state index in [0.29, 0.717) is 0 Å². The van der Waals surface area contributed by atoms with Crippen LogP contribution in [0.4, 0.5) is 4.39 Å². The van der Waals surface area contributed by atoms with Gasteiger partial charge in [-0.25, -0.2) is 4.39 Å². The van der Waals surface area contributed by atoms with Crippen molar-refractivity contribution in [3.63, 3.8) is 0 Å². The van der Waals surface area contributed by atoms with Crippen LogP contribution in [0.1, 0.15) is 79.0 Å². The summed E-state index contributed by atoms with van der Waals surface area (Å²) in [6, 6.07) is 2.03. The standard InChI is InChI=1S/C19H31FOS/c1-17(2,3)12-11-13(18(4,5)6)16(22-21-10)14(15(12)20)19(7,8)9/h11H,1-10H3. The first-order valence-corrected chi connectivity index (χ1v) is 8.54. The second-order valence-electron chi connectivity index (χ2n) is 8.99. The van der Waals surface area contributed by atoms with E-state index in [9.17, 15) is 0 Å². The number of hydrogen-bond acceptors (Lipinski definition) is 2. The van der Waals surface area contributed by atoms with Crippen molar-refractivity contribution < 1.29 is 8.57 Å². The molecule has 0 aliphatic carbocycles. The van der Waals surface area contributed by atoms with Crippen molar-refractivity contribution in [1.29, 1.82) is 0 Å². The minimum Gasteiger partial charge on any atom is -0.314 e. The molecule has 1 nitrogen and oxygen atoms in total. The summed E-state index contributed by atoms with van der Waals surface area (Å²) < 4.78 is 20.7. The summed E-state index contributed by atoms with van der Waals surface area (Å²) in [6.07, 6.45) is 0. The summed E-state index contributed by atoms with van der Waals surface area (Å²) in [5.41, 5.74) is 2.09.